The highest BCUT2D eigenvalue weighted by atomic mass is 31.2. The second-order valence-electron chi connectivity index (χ2n) is 6.41. The normalized spacial score (nSPS) is 14.1. The van der Waals surface area contributed by atoms with Crippen molar-refractivity contribution in [2.75, 3.05) is 18.6 Å². The third-order valence-corrected chi connectivity index (χ3v) is 5.47. The molecule has 1 aromatic rings. The molecule has 0 amide bonds. The maximum Gasteiger partial charge on any atom is 0.382 e. The predicted molar refractivity (Wildman–Crippen MR) is 114 cm³/mol. The molecule has 158 valence electrons. The fraction of sp³-hybridized carbons (Fsp3) is 0.381. The fourth-order valence-corrected chi connectivity index (χ4v) is 3.45. The van der Waals surface area contributed by atoms with Crippen LogP contribution in [0.15, 0.2) is 60.4 Å². The summed E-state index contributed by atoms with van der Waals surface area (Å²) in [6.07, 6.45) is 12.4. The van der Waals surface area contributed by atoms with Crippen LogP contribution >= 0.6 is 8.53 Å². The van der Waals surface area contributed by atoms with Gasteiger partial charge in [0.1, 0.15) is 18.1 Å². The Bertz CT molecular complexity index is 714. The molecular weight excluding hydrogens is 391 g/mol. The smallest absolute Gasteiger partial charge is 0.382 e. The average molecular weight is 420 g/mol. The summed E-state index contributed by atoms with van der Waals surface area (Å²) in [5, 5.41) is 11.9. The van der Waals surface area contributed by atoms with Gasteiger partial charge in [0.15, 0.2) is 0 Å². The van der Waals surface area contributed by atoms with Gasteiger partial charge < -0.3 is 13.8 Å². The minimum atomic E-state index is -1.64. The van der Waals surface area contributed by atoms with Gasteiger partial charge in [-0.2, -0.15) is 0 Å². The summed E-state index contributed by atoms with van der Waals surface area (Å²) in [5.74, 6) is 1.21. The molecule has 8 heteroatoms. The first kappa shape index (κ1) is 22.9. The SMILES string of the molecule is CCC(CC)COC(=O)CNP(OC1=CC=CCC=C1)Oc1ccc(NO)cc1. The van der Waals surface area contributed by atoms with Gasteiger partial charge in [-0.1, -0.05) is 44.9 Å². The van der Waals surface area contributed by atoms with E-state index in [1.54, 1.807) is 24.3 Å². The molecule has 0 radical (unpaired) electrons. The minimum Gasteiger partial charge on any atom is -0.464 e. The number of rotatable bonds is 12. The Morgan fingerprint density at radius 1 is 1.17 bits per heavy atom. The topological polar surface area (TPSA) is 89.1 Å². The highest BCUT2D eigenvalue weighted by Crippen LogP contribution is 2.38. The lowest BCUT2D eigenvalue weighted by molar-refractivity contribution is -0.143. The van der Waals surface area contributed by atoms with E-state index in [9.17, 15) is 4.79 Å². The summed E-state index contributed by atoms with van der Waals surface area (Å²) in [6.45, 7) is 4.57. The Hall–Kier alpha value is -2.34. The standard InChI is InChI=1S/C21H29N2O5P/c1-3-17(4-2)16-26-21(24)15-22-29(27-19-9-7-5-6-8-10-19)28-20-13-11-18(23-25)12-14-20/h5,7-14,17,22-23,25H,3-4,6,15-16H2,1-2H3. The Morgan fingerprint density at radius 2 is 1.93 bits per heavy atom. The van der Waals surface area contributed by atoms with Crippen molar-refractivity contribution >= 4 is 20.2 Å². The first-order valence-corrected chi connectivity index (χ1v) is 10.9. The van der Waals surface area contributed by atoms with E-state index in [0.29, 0.717) is 29.7 Å². The lowest BCUT2D eigenvalue weighted by atomic mass is 10.1. The minimum absolute atomic E-state index is 0.0189. The molecule has 0 heterocycles. The third-order valence-electron chi connectivity index (χ3n) is 4.30. The molecule has 0 saturated heterocycles. The summed E-state index contributed by atoms with van der Waals surface area (Å²) in [6, 6.07) is 6.73. The highest BCUT2D eigenvalue weighted by Gasteiger charge is 2.18. The predicted octanol–water partition coefficient (Wildman–Crippen LogP) is 5.08. The van der Waals surface area contributed by atoms with Crippen molar-refractivity contribution in [2.45, 2.75) is 33.1 Å². The average Bonchev–Trinajstić information content (AvgIpc) is 3.02. The maximum absolute atomic E-state index is 12.1. The second kappa shape index (κ2) is 13.0. The van der Waals surface area contributed by atoms with Crippen molar-refractivity contribution in [1.82, 2.24) is 5.09 Å². The molecule has 1 aliphatic rings. The number of ether oxygens (including phenoxy) is 1. The van der Waals surface area contributed by atoms with Gasteiger partial charge in [0.2, 0.25) is 0 Å². The van der Waals surface area contributed by atoms with Crippen molar-refractivity contribution in [1.29, 1.82) is 0 Å². The van der Waals surface area contributed by atoms with Crippen LogP contribution in [0.4, 0.5) is 5.69 Å². The van der Waals surface area contributed by atoms with Crippen LogP contribution < -0.4 is 15.1 Å². The van der Waals surface area contributed by atoms with Gasteiger partial charge in [0.05, 0.1) is 12.3 Å². The molecule has 1 aliphatic carbocycles. The quantitative estimate of drug-likeness (QED) is 0.247. The third kappa shape index (κ3) is 8.69. The molecule has 0 fully saturated rings. The number of anilines is 1. The first-order valence-electron chi connectivity index (χ1n) is 9.73. The van der Waals surface area contributed by atoms with Crippen molar-refractivity contribution in [2.24, 2.45) is 5.92 Å². The summed E-state index contributed by atoms with van der Waals surface area (Å²) in [7, 11) is -1.64. The molecule has 0 spiro atoms. The van der Waals surface area contributed by atoms with Crippen LogP contribution in [0, 0.1) is 5.92 Å². The first-order chi connectivity index (χ1) is 14.1. The number of carbonyl (C=O) groups excluding carboxylic acids is 1. The van der Waals surface area contributed by atoms with Crippen molar-refractivity contribution in [3.05, 3.63) is 60.4 Å². The number of allylic oxidation sites excluding steroid dienone is 5. The number of hydrogen-bond acceptors (Lipinski definition) is 7. The van der Waals surface area contributed by atoms with Gasteiger partial charge in [-0.05, 0) is 48.8 Å². The molecule has 7 nitrogen and oxygen atoms in total. The number of esters is 1. The summed E-state index contributed by atoms with van der Waals surface area (Å²) >= 11 is 0. The molecule has 2 rings (SSSR count). The highest BCUT2D eigenvalue weighted by molar-refractivity contribution is 7.45. The lowest BCUT2D eigenvalue weighted by Crippen LogP contribution is -2.25. The van der Waals surface area contributed by atoms with E-state index in [2.05, 4.69) is 24.4 Å². The van der Waals surface area contributed by atoms with Crippen LogP contribution in [-0.4, -0.2) is 24.3 Å². The largest absolute Gasteiger partial charge is 0.464 e. The molecule has 0 bridgehead atoms. The van der Waals surface area contributed by atoms with Crippen LogP contribution in [-0.2, 0) is 14.1 Å². The Morgan fingerprint density at radius 3 is 2.62 bits per heavy atom. The Labute approximate surface area is 173 Å². The lowest BCUT2D eigenvalue weighted by Gasteiger charge is -2.19. The molecule has 1 atom stereocenters. The Balaban J connectivity index is 1.96. The summed E-state index contributed by atoms with van der Waals surface area (Å²) < 4.78 is 17.2. The van der Waals surface area contributed by atoms with Crippen LogP contribution in [0.3, 0.4) is 0 Å². The van der Waals surface area contributed by atoms with Crippen LogP contribution in [0.2, 0.25) is 0 Å². The van der Waals surface area contributed by atoms with Crippen LogP contribution in [0.5, 0.6) is 5.75 Å². The summed E-state index contributed by atoms with van der Waals surface area (Å²) in [5.41, 5.74) is 2.61. The summed E-state index contributed by atoms with van der Waals surface area (Å²) in [4.78, 5) is 12.1. The van der Waals surface area contributed by atoms with Gasteiger partial charge in [-0.3, -0.25) is 15.5 Å². The molecule has 0 saturated carbocycles. The molecule has 3 N–H and O–H groups in total. The van der Waals surface area contributed by atoms with E-state index in [-0.39, 0.29) is 12.5 Å². The van der Waals surface area contributed by atoms with Crippen LogP contribution in [0.1, 0.15) is 33.1 Å². The van der Waals surface area contributed by atoms with E-state index >= 15 is 0 Å². The van der Waals surface area contributed by atoms with E-state index < -0.39 is 8.53 Å². The van der Waals surface area contributed by atoms with E-state index in [1.807, 2.05) is 30.4 Å². The Kier molecular flexibility index (Phi) is 10.3. The molecule has 0 aliphatic heterocycles. The van der Waals surface area contributed by atoms with Gasteiger partial charge in [-0.15, -0.1) is 0 Å². The fourth-order valence-electron chi connectivity index (χ4n) is 2.40. The van der Waals surface area contributed by atoms with Gasteiger partial charge >= 0.3 is 14.5 Å². The molecule has 0 aromatic heterocycles. The van der Waals surface area contributed by atoms with Crippen molar-refractivity contribution in [3.8, 4) is 5.75 Å². The maximum atomic E-state index is 12.1. The molecule has 1 aromatic carbocycles. The zero-order valence-electron chi connectivity index (χ0n) is 16.8. The van der Waals surface area contributed by atoms with Gasteiger partial charge in [0.25, 0.3) is 0 Å². The zero-order chi connectivity index (χ0) is 20.9. The number of carbonyl (C=O) groups is 1. The zero-order valence-corrected chi connectivity index (χ0v) is 17.7. The van der Waals surface area contributed by atoms with Gasteiger partial charge in [-0.25, -0.2) is 5.09 Å². The number of benzene rings is 1. The van der Waals surface area contributed by atoms with Crippen LogP contribution in [0.25, 0.3) is 0 Å². The second-order valence-corrected chi connectivity index (χ2v) is 7.61. The van der Waals surface area contributed by atoms with Crippen molar-refractivity contribution < 1.29 is 23.8 Å². The van der Waals surface area contributed by atoms with E-state index in [1.165, 1.54) is 0 Å². The van der Waals surface area contributed by atoms with Gasteiger partial charge in [0, 0.05) is 0 Å². The molecule has 29 heavy (non-hydrogen) atoms. The van der Waals surface area contributed by atoms with E-state index in [0.717, 1.165) is 19.3 Å². The van der Waals surface area contributed by atoms with E-state index in [4.69, 9.17) is 19.0 Å². The van der Waals surface area contributed by atoms with Crippen molar-refractivity contribution in [3.63, 3.8) is 0 Å². The number of hydrogen-bond donors (Lipinski definition) is 3. The molecule has 1 unspecified atom stereocenters. The monoisotopic (exact) mass is 420 g/mol. The number of nitrogens with one attached hydrogen (secondary N) is 2. The molecular formula is C21H29N2O5P.